The first kappa shape index (κ1) is 21.3. The van der Waals surface area contributed by atoms with Crippen molar-refractivity contribution in [3.8, 4) is 0 Å². The number of fused-ring (bicyclic) bond motifs is 1. The van der Waals surface area contributed by atoms with Crippen molar-refractivity contribution >= 4 is 22.6 Å². The van der Waals surface area contributed by atoms with Gasteiger partial charge in [0, 0.05) is 44.6 Å². The average Bonchev–Trinajstić information content (AvgIpc) is 2.70. The molecule has 3 rings (SSSR count). The minimum Gasteiger partial charge on any atom is -0.380 e. The third-order valence-corrected chi connectivity index (χ3v) is 5.18. The number of hydrogen-bond acceptors (Lipinski definition) is 5. The average molecular weight is 412 g/mol. The lowest BCUT2D eigenvalue weighted by Crippen LogP contribution is -2.49. The minimum absolute atomic E-state index is 0.423. The van der Waals surface area contributed by atoms with E-state index in [2.05, 4.69) is 64.5 Å². The molecule has 0 bridgehead atoms. The third-order valence-electron chi connectivity index (χ3n) is 4.89. The zero-order chi connectivity index (χ0) is 20.8. The van der Waals surface area contributed by atoms with E-state index in [1.54, 1.807) is 12.4 Å². The molecule has 0 saturated carbocycles. The SMILES string of the molecule is C/C=C(NCc1ccc2nccnc2c1)\C(=C(\Cl)C=C(C)C)N1CCNC(C)C1. The molecule has 2 heterocycles. The normalized spacial score (nSPS) is 18.4. The van der Waals surface area contributed by atoms with Gasteiger partial charge in [0.2, 0.25) is 0 Å². The van der Waals surface area contributed by atoms with E-state index in [-0.39, 0.29) is 0 Å². The van der Waals surface area contributed by atoms with E-state index < -0.39 is 0 Å². The molecule has 0 aliphatic carbocycles. The van der Waals surface area contributed by atoms with Crippen molar-refractivity contribution in [3.05, 3.63) is 70.3 Å². The summed E-state index contributed by atoms with van der Waals surface area (Å²) in [4.78, 5) is 11.1. The Hall–Kier alpha value is -2.37. The van der Waals surface area contributed by atoms with Gasteiger partial charge < -0.3 is 15.5 Å². The first-order valence-electron chi connectivity index (χ1n) is 10.1. The van der Waals surface area contributed by atoms with E-state index in [1.165, 1.54) is 5.57 Å². The second kappa shape index (κ2) is 9.90. The lowest BCUT2D eigenvalue weighted by atomic mass is 10.1. The summed E-state index contributed by atoms with van der Waals surface area (Å²) in [6, 6.07) is 6.61. The predicted molar refractivity (Wildman–Crippen MR) is 121 cm³/mol. The highest BCUT2D eigenvalue weighted by Crippen LogP contribution is 2.25. The molecular weight excluding hydrogens is 382 g/mol. The van der Waals surface area contributed by atoms with Gasteiger partial charge in [0.25, 0.3) is 0 Å². The number of piperazine rings is 1. The Morgan fingerprint density at radius 3 is 2.72 bits per heavy atom. The molecule has 154 valence electrons. The van der Waals surface area contributed by atoms with Gasteiger partial charge in [-0.3, -0.25) is 9.97 Å². The monoisotopic (exact) mass is 411 g/mol. The van der Waals surface area contributed by atoms with E-state index in [1.807, 2.05) is 19.1 Å². The number of halogens is 1. The Kier molecular flexibility index (Phi) is 7.29. The fourth-order valence-electron chi connectivity index (χ4n) is 3.55. The first-order chi connectivity index (χ1) is 14.0. The van der Waals surface area contributed by atoms with Crippen LogP contribution < -0.4 is 10.6 Å². The minimum atomic E-state index is 0.423. The highest BCUT2D eigenvalue weighted by Gasteiger charge is 2.22. The number of aromatic nitrogens is 2. The Morgan fingerprint density at radius 2 is 2.03 bits per heavy atom. The molecule has 0 spiro atoms. The molecule has 1 aliphatic heterocycles. The van der Waals surface area contributed by atoms with E-state index >= 15 is 0 Å². The molecule has 1 atom stereocenters. The molecule has 5 nitrogen and oxygen atoms in total. The lowest BCUT2D eigenvalue weighted by molar-refractivity contribution is 0.257. The van der Waals surface area contributed by atoms with E-state index in [4.69, 9.17) is 11.6 Å². The quantitative estimate of drug-likeness (QED) is 0.693. The van der Waals surface area contributed by atoms with E-state index in [0.717, 1.165) is 52.7 Å². The van der Waals surface area contributed by atoms with Crippen molar-refractivity contribution in [2.75, 3.05) is 19.6 Å². The number of nitrogens with one attached hydrogen (secondary N) is 2. The summed E-state index contributed by atoms with van der Waals surface area (Å²) >= 11 is 6.80. The lowest BCUT2D eigenvalue weighted by Gasteiger charge is -2.36. The van der Waals surface area contributed by atoms with Crippen LogP contribution in [0, 0.1) is 0 Å². The number of hydrogen-bond donors (Lipinski definition) is 2. The zero-order valence-corrected chi connectivity index (χ0v) is 18.4. The van der Waals surface area contributed by atoms with Crippen LogP contribution in [-0.2, 0) is 6.54 Å². The van der Waals surface area contributed by atoms with Crippen LogP contribution in [0.15, 0.2) is 64.7 Å². The van der Waals surface area contributed by atoms with Crippen LogP contribution in [0.3, 0.4) is 0 Å². The Morgan fingerprint density at radius 1 is 1.28 bits per heavy atom. The highest BCUT2D eigenvalue weighted by atomic mass is 35.5. The molecule has 2 aromatic rings. The zero-order valence-electron chi connectivity index (χ0n) is 17.7. The van der Waals surface area contributed by atoms with Crippen molar-refractivity contribution in [3.63, 3.8) is 0 Å². The van der Waals surface area contributed by atoms with Crippen LogP contribution in [-0.4, -0.2) is 40.5 Å². The molecular formula is C23H30ClN5. The van der Waals surface area contributed by atoms with Gasteiger partial charge in [-0.2, -0.15) is 0 Å². The molecule has 1 aromatic heterocycles. The van der Waals surface area contributed by atoms with Crippen LogP contribution in [0.1, 0.15) is 33.3 Å². The Balaban J connectivity index is 1.85. The summed E-state index contributed by atoms with van der Waals surface area (Å²) in [6.45, 7) is 11.9. The predicted octanol–water partition coefficient (Wildman–Crippen LogP) is 4.33. The maximum Gasteiger partial charge on any atom is 0.0890 e. The summed E-state index contributed by atoms with van der Waals surface area (Å²) in [5, 5.41) is 7.87. The molecule has 1 saturated heterocycles. The second-order valence-electron chi connectivity index (χ2n) is 7.65. The molecule has 1 aliphatic rings. The van der Waals surface area contributed by atoms with Gasteiger partial charge in [0.15, 0.2) is 0 Å². The van der Waals surface area contributed by atoms with Crippen molar-refractivity contribution in [2.45, 2.75) is 40.3 Å². The number of benzene rings is 1. The van der Waals surface area contributed by atoms with Gasteiger partial charge in [0.05, 0.1) is 27.5 Å². The molecule has 6 heteroatoms. The molecule has 1 aromatic carbocycles. The van der Waals surface area contributed by atoms with Crippen LogP contribution >= 0.6 is 11.6 Å². The Labute approximate surface area is 178 Å². The Bertz CT molecular complexity index is 943. The van der Waals surface area contributed by atoms with E-state index in [9.17, 15) is 0 Å². The molecule has 0 radical (unpaired) electrons. The summed E-state index contributed by atoms with van der Waals surface area (Å²) in [5.41, 5.74) is 6.25. The number of rotatable bonds is 6. The largest absolute Gasteiger partial charge is 0.380 e. The second-order valence-corrected chi connectivity index (χ2v) is 8.06. The van der Waals surface area contributed by atoms with Crippen molar-refractivity contribution in [1.29, 1.82) is 0 Å². The molecule has 2 N–H and O–H groups in total. The van der Waals surface area contributed by atoms with Crippen molar-refractivity contribution in [1.82, 2.24) is 25.5 Å². The molecule has 0 amide bonds. The van der Waals surface area contributed by atoms with E-state index in [0.29, 0.717) is 12.6 Å². The summed E-state index contributed by atoms with van der Waals surface area (Å²) < 4.78 is 0. The van der Waals surface area contributed by atoms with Gasteiger partial charge in [-0.15, -0.1) is 0 Å². The van der Waals surface area contributed by atoms with Gasteiger partial charge in [-0.1, -0.05) is 29.3 Å². The summed E-state index contributed by atoms with van der Waals surface area (Å²) in [5.74, 6) is 0. The maximum atomic E-state index is 6.80. The molecule has 1 unspecified atom stereocenters. The smallest absolute Gasteiger partial charge is 0.0890 e. The van der Waals surface area contributed by atoms with Gasteiger partial charge >= 0.3 is 0 Å². The number of nitrogens with zero attached hydrogens (tertiary/aromatic N) is 3. The van der Waals surface area contributed by atoms with Crippen molar-refractivity contribution < 1.29 is 0 Å². The fraction of sp³-hybridized carbons (Fsp3) is 0.391. The van der Waals surface area contributed by atoms with Gasteiger partial charge in [-0.05, 0) is 51.5 Å². The number of allylic oxidation sites excluding steroid dienone is 4. The molecule has 1 fully saturated rings. The third kappa shape index (κ3) is 5.58. The fourth-order valence-corrected chi connectivity index (χ4v) is 3.99. The standard InChI is InChI=1S/C23H30ClN5/c1-5-20(28-14-18-6-7-21-22(13-18)27-9-8-26-21)23(19(24)12-16(2)3)29-11-10-25-17(4)15-29/h5-9,12-13,17,25,28H,10-11,14-15H2,1-4H3/b20-5+,23-19-. The van der Waals surface area contributed by atoms with Crippen LogP contribution in [0.25, 0.3) is 11.0 Å². The molecule has 29 heavy (non-hydrogen) atoms. The van der Waals surface area contributed by atoms with Crippen LogP contribution in [0.4, 0.5) is 0 Å². The van der Waals surface area contributed by atoms with Crippen LogP contribution in [0.2, 0.25) is 0 Å². The van der Waals surface area contributed by atoms with Crippen LogP contribution in [0.5, 0.6) is 0 Å². The maximum absolute atomic E-state index is 6.80. The van der Waals surface area contributed by atoms with Crippen molar-refractivity contribution in [2.24, 2.45) is 0 Å². The van der Waals surface area contributed by atoms with Gasteiger partial charge in [-0.25, -0.2) is 0 Å². The summed E-state index contributed by atoms with van der Waals surface area (Å²) in [7, 11) is 0. The first-order valence-corrected chi connectivity index (χ1v) is 10.5. The highest BCUT2D eigenvalue weighted by molar-refractivity contribution is 6.31. The topological polar surface area (TPSA) is 53.1 Å². The summed E-state index contributed by atoms with van der Waals surface area (Å²) in [6.07, 6.45) is 7.59. The van der Waals surface area contributed by atoms with Gasteiger partial charge in [0.1, 0.15) is 0 Å².